The fourth-order valence-electron chi connectivity index (χ4n) is 3.67. The third kappa shape index (κ3) is 4.26. The van der Waals surface area contributed by atoms with Crippen molar-refractivity contribution >= 4 is 27.1 Å². The molecule has 2 aromatic carbocycles. The van der Waals surface area contributed by atoms with Gasteiger partial charge in [0.05, 0.1) is 23.8 Å². The Morgan fingerprint density at radius 3 is 2.43 bits per heavy atom. The normalized spacial score (nSPS) is 13.5. The summed E-state index contributed by atoms with van der Waals surface area (Å²) in [6.45, 7) is 5.97. The summed E-state index contributed by atoms with van der Waals surface area (Å²) in [5, 5.41) is 23.8. The van der Waals surface area contributed by atoms with Gasteiger partial charge in [-0.2, -0.15) is 4.31 Å². The second-order valence-corrected chi connectivity index (χ2v) is 9.23. The van der Waals surface area contributed by atoms with Gasteiger partial charge in [-0.05, 0) is 32.0 Å². The second-order valence-electron chi connectivity index (χ2n) is 7.29. The number of rotatable bonds is 8. The smallest absolute Gasteiger partial charge is 0.243 e. The molecule has 0 aliphatic rings. The topological polar surface area (TPSA) is 95.1 Å². The predicted octanol–water partition coefficient (Wildman–Crippen LogP) is 3.14. The fourth-order valence-corrected chi connectivity index (χ4v) is 5.16. The fraction of sp³-hybridized carbons (Fsp3) is 0.318. The summed E-state index contributed by atoms with van der Waals surface area (Å²) in [7, 11) is -3.70. The molecule has 1 unspecified atom stereocenters. The Morgan fingerprint density at radius 1 is 1.13 bits per heavy atom. The van der Waals surface area contributed by atoms with Crippen LogP contribution in [0.15, 0.2) is 58.6 Å². The lowest BCUT2D eigenvalue weighted by Crippen LogP contribution is -2.39. The number of hydrogen-bond acceptors (Lipinski definition) is 5. The molecule has 0 fully saturated rings. The van der Waals surface area contributed by atoms with E-state index in [4.69, 9.17) is 5.21 Å². The standard InChI is InChI=1S/C22H27N3O4S/c1-4-24(30(28,29)19-11-9-16(2)10-12-19)14-18(26)15-25-17(3)21(13-23-27)20-7-5-6-8-22(20)25/h5-13,18,26-27H,4,14-15H2,1-3H3/b23-13+. The first-order valence-corrected chi connectivity index (χ1v) is 11.2. The van der Waals surface area contributed by atoms with Gasteiger partial charge in [-0.15, -0.1) is 0 Å². The van der Waals surface area contributed by atoms with Gasteiger partial charge in [0, 0.05) is 35.2 Å². The van der Waals surface area contributed by atoms with Gasteiger partial charge >= 0.3 is 0 Å². The summed E-state index contributed by atoms with van der Waals surface area (Å²) < 4.78 is 29.2. The van der Waals surface area contributed by atoms with Gasteiger partial charge in [-0.1, -0.05) is 48.0 Å². The van der Waals surface area contributed by atoms with Crippen molar-refractivity contribution in [3.63, 3.8) is 0 Å². The highest BCUT2D eigenvalue weighted by Crippen LogP contribution is 2.25. The lowest BCUT2D eigenvalue weighted by atomic mass is 10.1. The molecule has 2 N–H and O–H groups in total. The van der Waals surface area contributed by atoms with Crippen molar-refractivity contribution in [2.45, 2.75) is 38.3 Å². The first-order valence-electron chi connectivity index (χ1n) is 9.79. The molecule has 0 saturated heterocycles. The predicted molar refractivity (Wildman–Crippen MR) is 118 cm³/mol. The number of sulfonamides is 1. The molecule has 0 saturated carbocycles. The maximum absolute atomic E-state index is 13.0. The summed E-state index contributed by atoms with van der Waals surface area (Å²) in [5.74, 6) is 0. The van der Waals surface area contributed by atoms with Gasteiger partial charge < -0.3 is 14.9 Å². The molecule has 160 valence electrons. The van der Waals surface area contributed by atoms with E-state index >= 15 is 0 Å². The van der Waals surface area contributed by atoms with Crippen molar-refractivity contribution in [1.82, 2.24) is 8.87 Å². The van der Waals surface area contributed by atoms with E-state index in [9.17, 15) is 13.5 Å². The van der Waals surface area contributed by atoms with E-state index in [2.05, 4.69) is 5.16 Å². The minimum atomic E-state index is -3.70. The number of aryl methyl sites for hydroxylation is 1. The number of aromatic nitrogens is 1. The monoisotopic (exact) mass is 429 g/mol. The molecule has 1 aromatic heterocycles. The number of aliphatic hydroxyl groups is 1. The van der Waals surface area contributed by atoms with Crippen molar-refractivity contribution in [3.05, 3.63) is 65.4 Å². The van der Waals surface area contributed by atoms with E-state index in [-0.39, 0.29) is 24.5 Å². The maximum Gasteiger partial charge on any atom is 0.243 e. The lowest BCUT2D eigenvalue weighted by Gasteiger charge is -2.24. The number of aliphatic hydroxyl groups excluding tert-OH is 1. The highest BCUT2D eigenvalue weighted by Gasteiger charge is 2.26. The average molecular weight is 430 g/mol. The molecule has 0 radical (unpaired) electrons. The van der Waals surface area contributed by atoms with E-state index in [0.29, 0.717) is 0 Å². The van der Waals surface area contributed by atoms with Crippen molar-refractivity contribution in [2.75, 3.05) is 13.1 Å². The molecule has 0 aliphatic carbocycles. The van der Waals surface area contributed by atoms with Crippen LogP contribution in [0.25, 0.3) is 10.9 Å². The molecular weight excluding hydrogens is 402 g/mol. The van der Waals surface area contributed by atoms with Crippen molar-refractivity contribution in [3.8, 4) is 0 Å². The Kier molecular flexibility index (Phi) is 6.60. The zero-order valence-electron chi connectivity index (χ0n) is 17.4. The number of likely N-dealkylation sites (N-methyl/N-ethyl adjacent to an activating group) is 1. The van der Waals surface area contributed by atoms with Crippen LogP contribution in [0.3, 0.4) is 0 Å². The first-order chi connectivity index (χ1) is 14.3. The molecule has 3 aromatic rings. The van der Waals surface area contributed by atoms with E-state index < -0.39 is 16.1 Å². The van der Waals surface area contributed by atoms with Gasteiger partial charge in [-0.25, -0.2) is 8.42 Å². The number of benzene rings is 2. The Morgan fingerprint density at radius 2 is 1.80 bits per heavy atom. The summed E-state index contributed by atoms with van der Waals surface area (Å²) in [5.41, 5.74) is 3.46. The minimum Gasteiger partial charge on any atom is -0.411 e. The van der Waals surface area contributed by atoms with Crippen LogP contribution in [-0.4, -0.2) is 53.0 Å². The van der Waals surface area contributed by atoms with E-state index in [1.54, 1.807) is 31.2 Å². The largest absolute Gasteiger partial charge is 0.411 e. The SMILES string of the molecule is CCN(CC(O)Cn1c(C)c(/C=N/O)c2ccccc21)S(=O)(=O)c1ccc(C)cc1. The highest BCUT2D eigenvalue weighted by molar-refractivity contribution is 7.89. The summed E-state index contributed by atoms with van der Waals surface area (Å²) in [4.78, 5) is 0.214. The Balaban J connectivity index is 1.86. The van der Waals surface area contributed by atoms with Gasteiger partial charge in [0.15, 0.2) is 0 Å². The minimum absolute atomic E-state index is 0.0257. The molecule has 30 heavy (non-hydrogen) atoms. The van der Waals surface area contributed by atoms with E-state index in [1.807, 2.05) is 42.7 Å². The highest BCUT2D eigenvalue weighted by atomic mass is 32.2. The van der Waals surface area contributed by atoms with Crippen LogP contribution in [0.2, 0.25) is 0 Å². The summed E-state index contributed by atoms with van der Waals surface area (Å²) >= 11 is 0. The molecule has 1 atom stereocenters. The van der Waals surface area contributed by atoms with Gasteiger partial charge in [0.2, 0.25) is 10.0 Å². The Hall–Kier alpha value is -2.68. The molecular formula is C22H27N3O4S. The van der Waals surface area contributed by atoms with Crippen molar-refractivity contribution in [2.24, 2.45) is 5.16 Å². The Labute approximate surface area is 176 Å². The van der Waals surface area contributed by atoms with Crippen LogP contribution in [0.1, 0.15) is 23.7 Å². The number of nitrogens with zero attached hydrogens (tertiary/aromatic N) is 3. The molecule has 0 spiro atoms. The molecule has 3 rings (SSSR count). The number of para-hydroxylation sites is 1. The number of fused-ring (bicyclic) bond motifs is 1. The summed E-state index contributed by atoms with van der Waals surface area (Å²) in [6, 6.07) is 14.3. The van der Waals surface area contributed by atoms with Crippen molar-refractivity contribution in [1.29, 1.82) is 0 Å². The third-order valence-electron chi connectivity index (χ3n) is 5.29. The lowest BCUT2D eigenvalue weighted by molar-refractivity contribution is 0.130. The number of oxime groups is 1. The zero-order chi connectivity index (χ0) is 21.9. The molecule has 0 aliphatic heterocycles. The van der Waals surface area contributed by atoms with Crippen LogP contribution < -0.4 is 0 Å². The van der Waals surface area contributed by atoms with Crippen molar-refractivity contribution < 1.29 is 18.7 Å². The van der Waals surface area contributed by atoms with Crippen LogP contribution in [0, 0.1) is 13.8 Å². The zero-order valence-corrected chi connectivity index (χ0v) is 18.2. The van der Waals surface area contributed by atoms with Gasteiger partial charge in [-0.3, -0.25) is 0 Å². The average Bonchev–Trinajstić information content (AvgIpc) is 2.98. The van der Waals surface area contributed by atoms with E-state index in [1.165, 1.54) is 10.5 Å². The molecule has 7 nitrogen and oxygen atoms in total. The quantitative estimate of drug-likeness (QED) is 0.327. The van der Waals surface area contributed by atoms with Gasteiger partial charge in [0.1, 0.15) is 0 Å². The molecule has 0 bridgehead atoms. The van der Waals surface area contributed by atoms with Crippen LogP contribution in [-0.2, 0) is 16.6 Å². The maximum atomic E-state index is 13.0. The van der Waals surface area contributed by atoms with Crippen LogP contribution in [0.5, 0.6) is 0 Å². The molecule has 0 amide bonds. The second kappa shape index (κ2) is 8.99. The molecule has 1 heterocycles. The van der Waals surface area contributed by atoms with E-state index in [0.717, 1.165) is 27.7 Å². The Bertz CT molecular complexity index is 1150. The van der Waals surface area contributed by atoms with Gasteiger partial charge in [0.25, 0.3) is 0 Å². The van der Waals surface area contributed by atoms with Crippen LogP contribution >= 0.6 is 0 Å². The van der Waals surface area contributed by atoms with Crippen LogP contribution in [0.4, 0.5) is 0 Å². The first kappa shape index (κ1) is 22.0. The summed E-state index contributed by atoms with van der Waals surface area (Å²) in [6.07, 6.45) is 0.458. The number of hydrogen-bond donors (Lipinski definition) is 2. The molecule has 8 heteroatoms. The third-order valence-corrected chi connectivity index (χ3v) is 7.24.